The van der Waals surface area contributed by atoms with Crippen LogP contribution in [0.15, 0.2) is 54.6 Å². The predicted molar refractivity (Wildman–Crippen MR) is 98.9 cm³/mol. The highest BCUT2D eigenvalue weighted by atomic mass is 35.5. The zero-order chi connectivity index (χ0) is 14.9. The Hall–Kier alpha value is -0.550. The lowest BCUT2D eigenvalue weighted by atomic mass is 10.1. The molecule has 0 fully saturated rings. The third kappa shape index (κ3) is 5.62. The van der Waals surface area contributed by atoms with Gasteiger partial charge in [-0.25, -0.2) is 0 Å². The van der Waals surface area contributed by atoms with Crippen LogP contribution < -0.4 is 5.30 Å². The summed E-state index contributed by atoms with van der Waals surface area (Å²) in [5.41, 5.74) is 2.62. The average molecular weight is 339 g/mol. The molecule has 0 aliphatic heterocycles. The normalized spacial score (nSPS) is 12.9. The molecular formula is C18H21Cl2P. The average Bonchev–Trinajstić information content (AvgIpc) is 2.54. The smallest absolute Gasteiger partial charge is 0.0375 e. The van der Waals surface area contributed by atoms with E-state index in [2.05, 4.69) is 54.6 Å². The van der Waals surface area contributed by atoms with Crippen molar-refractivity contribution in [3.8, 4) is 11.1 Å². The van der Waals surface area contributed by atoms with E-state index in [4.69, 9.17) is 23.2 Å². The van der Waals surface area contributed by atoms with E-state index in [-0.39, 0.29) is 5.38 Å². The van der Waals surface area contributed by atoms with E-state index < -0.39 is 0 Å². The summed E-state index contributed by atoms with van der Waals surface area (Å²) in [4.78, 5) is 0. The van der Waals surface area contributed by atoms with Crippen molar-refractivity contribution in [1.82, 2.24) is 0 Å². The predicted octanol–water partition coefficient (Wildman–Crippen LogP) is 5.67. The van der Waals surface area contributed by atoms with Crippen molar-refractivity contribution < 1.29 is 0 Å². The molecule has 0 aliphatic rings. The van der Waals surface area contributed by atoms with Crippen LogP contribution in [0.25, 0.3) is 11.1 Å². The van der Waals surface area contributed by atoms with Crippen molar-refractivity contribution >= 4 is 37.1 Å². The highest BCUT2D eigenvalue weighted by molar-refractivity contribution is 7.47. The Labute approximate surface area is 139 Å². The summed E-state index contributed by atoms with van der Waals surface area (Å²) in [6.45, 7) is 0. The fourth-order valence-corrected chi connectivity index (χ4v) is 4.14. The molecule has 2 aromatic carbocycles. The second-order valence-electron chi connectivity index (χ2n) is 5.07. The van der Waals surface area contributed by atoms with Crippen LogP contribution in [0.4, 0.5) is 0 Å². The number of hydrogen-bond acceptors (Lipinski definition) is 0. The number of benzene rings is 2. The van der Waals surface area contributed by atoms with Crippen LogP contribution in [0.3, 0.4) is 0 Å². The lowest BCUT2D eigenvalue weighted by Crippen LogP contribution is -2.07. The minimum atomic E-state index is 0.260. The molecule has 0 saturated carbocycles. The molecule has 2 rings (SSSR count). The molecule has 21 heavy (non-hydrogen) atoms. The first kappa shape index (κ1) is 16.8. The van der Waals surface area contributed by atoms with Crippen molar-refractivity contribution in [3.63, 3.8) is 0 Å². The Balaban J connectivity index is 1.98. The molecule has 2 atom stereocenters. The van der Waals surface area contributed by atoms with Gasteiger partial charge in [-0.2, -0.15) is 0 Å². The molecule has 0 spiro atoms. The number of hydrogen-bond donors (Lipinski definition) is 0. The molecule has 2 aromatic rings. The van der Waals surface area contributed by atoms with Gasteiger partial charge in [-0.05, 0) is 35.4 Å². The fourth-order valence-electron chi connectivity index (χ4n) is 2.29. The SMILES string of the molecule is ClCCCCC(Cl)CPc1ccccc1-c1ccccc1. The fraction of sp³-hybridized carbons (Fsp3) is 0.333. The summed E-state index contributed by atoms with van der Waals surface area (Å²) in [5, 5.41) is 1.67. The molecule has 0 bridgehead atoms. The number of unbranched alkanes of at least 4 members (excludes halogenated alkanes) is 1. The maximum absolute atomic E-state index is 6.43. The quantitative estimate of drug-likeness (QED) is 0.330. The summed E-state index contributed by atoms with van der Waals surface area (Å²) >= 11 is 12.1. The Morgan fingerprint density at radius 3 is 2.38 bits per heavy atom. The molecule has 0 saturated heterocycles. The van der Waals surface area contributed by atoms with E-state index in [9.17, 15) is 0 Å². The van der Waals surface area contributed by atoms with Gasteiger partial charge in [-0.1, -0.05) is 69.6 Å². The molecule has 0 N–H and O–H groups in total. The Kier molecular flexibility index (Phi) is 7.58. The van der Waals surface area contributed by atoms with Crippen LogP contribution in [-0.4, -0.2) is 17.4 Å². The second kappa shape index (κ2) is 9.46. The standard InChI is InChI=1S/C18H21Cl2P/c19-13-7-6-10-16(20)14-21-18-12-5-4-11-17(18)15-8-2-1-3-9-15/h1-5,8-9,11-12,16,21H,6-7,10,13-14H2. The maximum Gasteiger partial charge on any atom is 0.0375 e. The van der Waals surface area contributed by atoms with E-state index in [0.29, 0.717) is 0 Å². The zero-order valence-corrected chi connectivity index (χ0v) is 14.6. The van der Waals surface area contributed by atoms with Crippen LogP contribution in [0, 0.1) is 0 Å². The summed E-state index contributed by atoms with van der Waals surface area (Å²) in [5.74, 6) is 0.739. The summed E-state index contributed by atoms with van der Waals surface area (Å²) in [6.07, 6.45) is 4.30. The molecule has 0 heterocycles. The topological polar surface area (TPSA) is 0 Å². The van der Waals surface area contributed by atoms with Gasteiger partial charge in [0.25, 0.3) is 0 Å². The van der Waals surface area contributed by atoms with Crippen LogP contribution in [-0.2, 0) is 0 Å². The van der Waals surface area contributed by atoms with E-state index in [1.807, 2.05) is 0 Å². The van der Waals surface area contributed by atoms with Gasteiger partial charge in [-0.15, -0.1) is 23.2 Å². The molecular weight excluding hydrogens is 318 g/mol. The van der Waals surface area contributed by atoms with E-state index in [1.54, 1.807) is 0 Å². The first-order chi connectivity index (χ1) is 10.3. The summed E-state index contributed by atoms with van der Waals surface area (Å²) < 4.78 is 0. The molecule has 0 aromatic heterocycles. The van der Waals surface area contributed by atoms with Gasteiger partial charge in [0.1, 0.15) is 0 Å². The Bertz CT molecular complexity index is 528. The molecule has 2 unspecified atom stereocenters. The third-order valence-electron chi connectivity index (χ3n) is 3.43. The first-order valence-electron chi connectivity index (χ1n) is 7.39. The highest BCUT2D eigenvalue weighted by Crippen LogP contribution is 2.26. The maximum atomic E-state index is 6.43. The van der Waals surface area contributed by atoms with Gasteiger partial charge in [0.15, 0.2) is 0 Å². The van der Waals surface area contributed by atoms with Gasteiger partial charge in [-0.3, -0.25) is 0 Å². The molecule has 0 amide bonds. The van der Waals surface area contributed by atoms with Crippen LogP contribution in [0.1, 0.15) is 19.3 Å². The lowest BCUT2D eigenvalue weighted by molar-refractivity contribution is 0.715. The monoisotopic (exact) mass is 338 g/mol. The molecule has 3 heteroatoms. The third-order valence-corrected chi connectivity index (χ3v) is 5.84. The molecule has 0 radical (unpaired) electrons. The van der Waals surface area contributed by atoms with Gasteiger partial charge in [0.05, 0.1) is 0 Å². The lowest BCUT2D eigenvalue weighted by Gasteiger charge is -2.12. The van der Waals surface area contributed by atoms with Crippen molar-refractivity contribution in [1.29, 1.82) is 0 Å². The van der Waals surface area contributed by atoms with Crippen molar-refractivity contribution in [2.75, 3.05) is 12.0 Å². The Morgan fingerprint density at radius 1 is 0.905 bits per heavy atom. The summed E-state index contributed by atoms with van der Waals surface area (Å²) in [6, 6.07) is 19.2. The molecule has 112 valence electrons. The highest BCUT2D eigenvalue weighted by Gasteiger charge is 2.08. The summed E-state index contributed by atoms with van der Waals surface area (Å²) in [7, 11) is 0.756. The zero-order valence-electron chi connectivity index (χ0n) is 12.1. The van der Waals surface area contributed by atoms with E-state index in [0.717, 1.165) is 39.9 Å². The van der Waals surface area contributed by atoms with Crippen LogP contribution >= 0.6 is 31.8 Å². The van der Waals surface area contributed by atoms with Crippen molar-refractivity contribution in [3.05, 3.63) is 54.6 Å². The minimum Gasteiger partial charge on any atom is -0.127 e. The van der Waals surface area contributed by atoms with E-state index in [1.165, 1.54) is 16.4 Å². The van der Waals surface area contributed by atoms with Gasteiger partial charge in [0, 0.05) is 11.3 Å². The van der Waals surface area contributed by atoms with Gasteiger partial charge < -0.3 is 0 Å². The number of rotatable bonds is 8. The first-order valence-corrected chi connectivity index (χ1v) is 9.57. The minimum absolute atomic E-state index is 0.260. The molecule has 0 aliphatic carbocycles. The second-order valence-corrected chi connectivity index (χ2v) is 7.37. The van der Waals surface area contributed by atoms with Crippen molar-refractivity contribution in [2.24, 2.45) is 0 Å². The van der Waals surface area contributed by atoms with Gasteiger partial charge in [0.2, 0.25) is 0 Å². The largest absolute Gasteiger partial charge is 0.127 e. The van der Waals surface area contributed by atoms with Gasteiger partial charge >= 0.3 is 0 Å². The molecule has 0 nitrogen and oxygen atoms in total. The Morgan fingerprint density at radius 2 is 1.62 bits per heavy atom. The van der Waals surface area contributed by atoms with Crippen LogP contribution in [0.2, 0.25) is 0 Å². The number of alkyl halides is 2. The van der Waals surface area contributed by atoms with Crippen molar-refractivity contribution in [2.45, 2.75) is 24.6 Å². The van der Waals surface area contributed by atoms with E-state index >= 15 is 0 Å². The number of halogens is 2. The van der Waals surface area contributed by atoms with Crippen LogP contribution in [0.5, 0.6) is 0 Å².